The summed E-state index contributed by atoms with van der Waals surface area (Å²) in [6.07, 6.45) is 4.54. The Balaban J connectivity index is 0.980. The first-order valence-corrected chi connectivity index (χ1v) is 34.8. The van der Waals surface area contributed by atoms with Gasteiger partial charge in [-0.2, -0.15) is 0 Å². The molecule has 6 heteroatoms. The summed E-state index contributed by atoms with van der Waals surface area (Å²) < 4.78 is 22.0. The molecule has 1 atom stereocenters. The summed E-state index contributed by atoms with van der Waals surface area (Å²) in [5, 5.41) is 15.6. The number of fused-ring (bicyclic) bond motifs is 4. The molecule has 0 radical (unpaired) electrons. The standard InChI is InChI=1S/C79H61N2OPSi2/c1-59(84(66-36-18-6-19-37-66,67-38-20-7-21-39-67)68-40-22-8-23-41-68)48-52-76-60(2)73-56-64(49-53-77(73)80(76)61-30-12-3-13-31-61)83(82,63-34-16-5-17-35-63)65-50-54-78-74(57-65)75-58-72(51-55-79(75)81(78)62-32-14-4-15-33-62)85(69-42-24-9-25-43-69,70-44-26-10-27-45-70)71-46-28-11-29-47-71/h3-58H,1H2,2H3. The van der Waals surface area contributed by atoms with Crippen LogP contribution in [0.15, 0.2) is 345 Å². The van der Waals surface area contributed by atoms with Crippen molar-refractivity contribution in [2.45, 2.75) is 6.92 Å². The second-order valence-corrected chi connectivity index (χ2v) is 32.4. The van der Waals surface area contributed by atoms with Crippen molar-refractivity contribution in [2.24, 2.45) is 0 Å². The molecule has 1 unspecified atom stereocenters. The van der Waals surface area contributed by atoms with Crippen LogP contribution < -0.4 is 52.2 Å². The first-order valence-electron chi connectivity index (χ1n) is 29.1. The normalized spacial score (nSPS) is 12.7. The molecule has 0 amide bonds. The number of benzene rings is 12. The Morgan fingerprint density at radius 3 is 1.13 bits per heavy atom. The van der Waals surface area contributed by atoms with Crippen LogP contribution >= 0.6 is 7.14 Å². The van der Waals surface area contributed by atoms with Gasteiger partial charge in [0.05, 0.1) is 16.6 Å². The number of hydrogen-bond donors (Lipinski definition) is 0. The van der Waals surface area contributed by atoms with Crippen molar-refractivity contribution in [2.75, 3.05) is 0 Å². The van der Waals surface area contributed by atoms with Crippen LogP contribution in [0.2, 0.25) is 0 Å². The first-order chi connectivity index (χ1) is 41.9. The van der Waals surface area contributed by atoms with Gasteiger partial charge < -0.3 is 13.7 Å². The van der Waals surface area contributed by atoms with Crippen LogP contribution in [0, 0.1) is 6.92 Å². The molecule has 85 heavy (non-hydrogen) atoms. The number of rotatable bonds is 15. The summed E-state index contributed by atoms with van der Waals surface area (Å²) in [6.45, 7) is 7.23. The molecule has 3 nitrogen and oxygen atoms in total. The summed E-state index contributed by atoms with van der Waals surface area (Å²) >= 11 is 0. The molecule has 406 valence electrons. The number of aryl methyl sites for hydroxylation is 1. The Kier molecular flexibility index (Phi) is 14.0. The zero-order valence-corrected chi connectivity index (χ0v) is 50.2. The highest BCUT2D eigenvalue weighted by Gasteiger charge is 2.43. The maximum atomic E-state index is 17.3. The summed E-state index contributed by atoms with van der Waals surface area (Å²) in [4.78, 5) is 0. The van der Waals surface area contributed by atoms with E-state index in [-0.39, 0.29) is 0 Å². The highest BCUT2D eigenvalue weighted by Crippen LogP contribution is 2.46. The van der Waals surface area contributed by atoms with E-state index < -0.39 is 23.3 Å². The van der Waals surface area contributed by atoms with Crippen molar-refractivity contribution < 1.29 is 4.57 Å². The van der Waals surface area contributed by atoms with E-state index in [4.69, 9.17) is 6.58 Å². The van der Waals surface area contributed by atoms with E-state index in [1.807, 2.05) is 30.3 Å². The Morgan fingerprint density at radius 1 is 0.353 bits per heavy atom. The van der Waals surface area contributed by atoms with Gasteiger partial charge >= 0.3 is 0 Å². The summed E-state index contributed by atoms with van der Waals surface area (Å²) in [6, 6.07) is 118. The van der Waals surface area contributed by atoms with Gasteiger partial charge in [0.2, 0.25) is 0 Å². The summed E-state index contributed by atoms with van der Waals surface area (Å²) in [7, 11) is -9.42. The van der Waals surface area contributed by atoms with E-state index in [9.17, 15) is 0 Å². The molecule has 0 saturated carbocycles. The second-order valence-electron chi connectivity index (χ2n) is 22.0. The third kappa shape index (κ3) is 8.90. The number of para-hydroxylation sites is 2. The van der Waals surface area contributed by atoms with Gasteiger partial charge in [0, 0.05) is 49.1 Å². The van der Waals surface area contributed by atoms with Gasteiger partial charge in [0.25, 0.3) is 0 Å². The molecular weight excluding hydrogens is 1080 g/mol. The van der Waals surface area contributed by atoms with Crippen LogP contribution in [0.4, 0.5) is 0 Å². The molecule has 0 aliphatic rings. The summed E-state index contributed by atoms with van der Waals surface area (Å²) in [5.74, 6) is 0. The van der Waals surface area contributed by atoms with Crippen LogP contribution in [-0.4, -0.2) is 25.3 Å². The van der Waals surface area contributed by atoms with Gasteiger partial charge in [0.15, 0.2) is 23.3 Å². The minimum Gasteiger partial charge on any atom is -0.310 e. The van der Waals surface area contributed by atoms with E-state index in [0.29, 0.717) is 0 Å². The Hall–Kier alpha value is -9.88. The fourth-order valence-electron chi connectivity index (χ4n) is 13.6. The molecule has 0 spiro atoms. The maximum absolute atomic E-state index is 17.3. The zero-order valence-electron chi connectivity index (χ0n) is 47.3. The van der Waals surface area contributed by atoms with Crippen molar-refractivity contribution in [3.05, 3.63) is 357 Å². The van der Waals surface area contributed by atoms with Crippen molar-refractivity contribution in [1.82, 2.24) is 9.13 Å². The first kappa shape index (κ1) is 53.2. The quantitative estimate of drug-likeness (QED) is 0.0435. The van der Waals surface area contributed by atoms with Gasteiger partial charge in [-0.1, -0.05) is 279 Å². The number of allylic oxidation sites excluding steroid dienone is 2. The van der Waals surface area contributed by atoms with Gasteiger partial charge in [-0.15, -0.1) is 0 Å². The molecule has 12 aromatic carbocycles. The second kappa shape index (κ2) is 22.4. The van der Waals surface area contributed by atoms with Crippen LogP contribution in [0.25, 0.3) is 50.2 Å². The smallest absolute Gasteiger partial charge is 0.179 e. The molecule has 0 aliphatic heterocycles. The molecule has 14 aromatic rings. The molecule has 2 heterocycles. The van der Waals surface area contributed by atoms with E-state index in [1.54, 1.807) is 0 Å². The molecule has 14 rings (SSSR count). The average Bonchev–Trinajstić information content (AvgIpc) is 1.99. The molecule has 0 saturated heterocycles. The number of nitrogens with zero attached hydrogens (tertiary/aromatic N) is 2. The lowest BCUT2D eigenvalue weighted by atomic mass is 10.1. The molecule has 0 aliphatic carbocycles. The van der Waals surface area contributed by atoms with Crippen LogP contribution in [0.3, 0.4) is 0 Å². The lowest BCUT2D eigenvalue weighted by Gasteiger charge is -2.34. The van der Waals surface area contributed by atoms with E-state index >= 15 is 4.57 Å². The SMILES string of the molecule is C=C(C=Cc1c(C)c2cc(P(=O)(c3ccccc3)c3ccc4c(c3)c3cc([Si](c5ccccc5)(c5ccccc5)c5ccccc5)ccc3n4-c3ccccc3)ccc2n1-c1ccccc1)[Si](c1ccccc1)(c1ccccc1)c1ccccc1. The molecule has 0 N–H and O–H groups in total. The van der Waals surface area contributed by atoms with E-state index in [2.05, 4.69) is 325 Å². The lowest BCUT2D eigenvalue weighted by molar-refractivity contribution is 0.592. The van der Waals surface area contributed by atoms with Gasteiger partial charge in [-0.05, 0) is 122 Å². The third-order valence-electron chi connectivity index (χ3n) is 17.5. The molecular formula is C79H61N2OPSi2. The van der Waals surface area contributed by atoms with Crippen molar-refractivity contribution >= 4 is 114 Å². The van der Waals surface area contributed by atoms with Gasteiger partial charge in [-0.25, -0.2) is 0 Å². The van der Waals surface area contributed by atoms with Gasteiger partial charge in [0.1, 0.15) is 0 Å². The number of aromatic nitrogens is 2. The van der Waals surface area contributed by atoms with E-state index in [1.165, 1.54) is 36.3 Å². The van der Waals surface area contributed by atoms with Gasteiger partial charge in [-0.3, -0.25) is 0 Å². The van der Waals surface area contributed by atoms with Crippen molar-refractivity contribution in [1.29, 1.82) is 0 Å². The molecule has 2 aromatic heterocycles. The maximum Gasteiger partial charge on any atom is 0.179 e. The molecule has 0 fully saturated rings. The highest BCUT2D eigenvalue weighted by molar-refractivity contribution is 7.85. The third-order valence-corrected chi connectivity index (χ3v) is 30.0. The van der Waals surface area contributed by atoms with E-state index in [0.717, 1.165) is 76.5 Å². The topological polar surface area (TPSA) is 26.9 Å². The molecule has 0 bridgehead atoms. The van der Waals surface area contributed by atoms with Crippen LogP contribution in [-0.2, 0) is 4.57 Å². The largest absolute Gasteiger partial charge is 0.310 e. The lowest BCUT2D eigenvalue weighted by Crippen LogP contribution is -2.74. The fourth-order valence-corrected chi connectivity index (χ4v) is 25.5. The minimum atomic E-state index is -3.60. The average molecular weight is 1140 g/mol. The monoisotopic (exact) mass is 1140 g/mol. The Labute approximate surface area is 499 Å². The highest BCUT2D eigenvalue weighted by atomic mass is 31.2. The van der Waals surface area contributed by atoms with Crippen molar-refractivity contribution in [3.63, 3.8) is 0 Å². The predicted octanol–water partition coefficient (Wildman–Crippen LogP) is 13.3. The number of hydrogen-bond acceptors (Lipinski definition) is 1. The fraction of sp³-hybridized carbons (Fsp3) is 0.0127. The van der Waals surface area contributed by atoms with Crippen molar-refractivity contribution in [3.8, 4) is 11.4 Å². The summed E-state index contributed by atoms with van der Waals surface area (Å²) in [5.41, 5.74) is 7.42. The van der Waals surface area contributed by atoms with Crippen LogP contribution in [0.5, 0.6) is 0 Å². The van der Waals surface area contributed by atoms with Crippen LogP contribution in [0.1, 0.15) is 11.3 Å². The predicted molar refractivity (Wildman–Crippen MR) is 368 cm³/mol. The Bertz CT molecular complexity index is 4590. The zero-order chi connectivity index (χ0) is 57.4. The minimum absolute atomic E-state index is 0.776. The Morgan fingerprint density at radius 2 is 0.694 bits per heavy atom.